The van der Waals surface area contributed by atoms with Gasteiger partial charge in [-0.1, -0.05) is 19.1 Å². The van der Waals surface area contributed by atoms with Gasteiger partial charge in [-0.25, -0.2) is 0 Å². The Kier molecular flexibility index (Phi) is 8.88. The van der Waals surface area contributed by atoms with Gasteiger partial charge in [0, 0.05) is 32.7 Å². The number of nitrogens with one attached hydrogen (secondary N) is 2. The van der Waals surface area contributed by atoms with Gasteiger partial charge >= 0.3 is 0 Å². The molecule has 0 saturated carbocycles. The number of aliphatic imine (C=N–C) groups is 1. The molecule has 1 atom stereocenters. The van der Waals surface area contributed by atoms with Gasteiger partial charge in [0.1, 0.15) is 5.75 Å². The molecule has 6 heteroatoms. The van der Waals surface area contributed by atoms with E-state index in [0.29, 0.717) is 6.04 Å². The molecule has 1 aromatic rings. The maximum atomic E-state index is 5.27. The number of methoxy groups -OCH3 is 1. The minimum atomic E-state index is 0.265. The Bertz CT molecular complexity index is 564. The zero-order valence-corrected chi connectivity index (χ0v) is 17.7. The smallest absolute Gasteiger partial charge is 0.191 e. The van der Waals surface area contributed by atoms with Gasteiger partial charge < -0.3 is 25.2 Å². The second-order valence-electron chi connectivity index (χ2n) is 7.47. The minimum absolute atomic E-state index is 0.265. The Morgan fingerprint density at radius 2 is 1.93 bits per heavy atom. The molecular weight excluding hydrogens is 338 g/mol. The average Bonchev–Trinajstić information content (AvgIpc) is 2.69. The minimum Gasteiger partial charge on any atom is -0.497 e. The quantitative estimate of drug-likeness (QED) is 0.540. The highest BCUT2D eigenvalue weighted by molar-refractivity contribution is 5.80. The standard InChI is InChI=1S/C21H37N5O/c1-6-13-26-14-11-18(12-15-26)24-21(22-2)23-16-20(25(3)4)17-7-9-19(27-5)10-8-17/h7-10,18,20H,6,11-16H2,1-5H3,(H2,22,23,24). The van der Waals surface area contributed by atoms with Gasteiger partial charge in [-0.15, -0.1) is 0 Å². The molecule has 2 rings (SSSR count). The summed E-state index contributed by atoms with van der Waals surface area (Å²) in [5, 5.41) is 7.12. The molecule has 2 N–H and O–H groups in total. The number of rotatable bonds is 8. The van der Waals surface area contributed by atoms with Crippen LogP contribution >= 0.6 is 0 Å². The number of likely N-dealkylation sites (N-methyl/N-ethyl adjacent to an activating group) is 1. The summed E-state index contributed by atoms with van der Waals surface area (Å²) in [5.74, 6) is 1.78. The van der Waals surface area contributed by atoms with Crippen LogP contribution in [0.2, 0.25) is 0 Å². The van der Waals surface area contributed by atoms with Crippen LogP contribution in [-0.4, -0.2) is 76.2 Å². The van der Waals surface area contributed by atoms with Gasteiger partial charge in [-0.2, -0.15) is 0 Å². The maximum absolute atomic E-state index is 5.27. The Morgan fingerprint density at radius 1 is 1.26 bits per heavy atom. The molecule has 152 valence electrons. The first-order chi connectivity index (χ1) is 13.1. The van der Waals surface area contributed by atoms with Crippen LogP contribution in [0.25, 0.3) is 0 Å². The molecule has 0 bridgehead atoms. The highest BCUT2D eigenvalue weighted by Crippen LogP contribution is 2.20. The molecular formula is C21H37N5O. The number of nitrogens with zero attached hydrogens (tertiary/aromatic N) is 3. The lowest BCUT2D eigenvalue weighted by Gasteiger charge is -2.33. The molecule has 0 aliphatic carbocycles. The first-order valence-electron chi connectivity index (χ1n) is 10.1. The highest BCUT2D eigenvalue weighted by Gasteiger charge is 2.20. The SMILES string of the molecule is CCCN1CCC(NC(=NC)NCC(c2ccc(OC)cc2)N(C)C)CC1. The normalized spacial score (nSPS) is 17.8. The molecule has 0 aromatic heterocycles. The van der Waals surface area contributed by atoms with E-state index < -0.39 is 0 Å². The van der Waals surface area contributed by atoms with Gasteiger partial charge in [-0.05, 0) is 57.6 Å². The first kappa shape index (κ1) is 21.5. The van der Waals surface area contributed by atoms with Crippen molar-refractivity contribution in [2.75, 3.05) is 54.4 Å². The maximum Gasteiger partial charge on any atom is 0.191 e. The summed E-state index contributed by atoms with van der Waals surface area (Å²) in [4.78, 5) is 9.22. The summed E-state index contributed by atoms with van der Waals surface area (Å²) in [6.07, 6.45) is 3.59. The largest absolute Gasteiger partial charge is 0.497 e. The molecule has 6 nitrogen and oxygen atoms in total. The fraction of sp³-hybridized carbons (Fsp3) is 0.667. The van der Waals surface area contributed by atoms with Crippen molar-refractivity contribution >= 4 is 5.96 Å². The van der Waals surface area contributed by atoms with Gasteiger partial charge in [0.2, 0.25) is 0 Å². The van der Waals surface area contributed by atoms with Crippen LogP contribution in [-0.2, 0) is 0 Å². The lowest BCUT2D eigenvalue weighted by atomic mass is 10.0. The summed E-state index contributed by atoms with van der Waals surface area (Å²) >= 11 is 0. The van der Waals surface area contributed by atoms with Crippen LogP contribution in [0.4, 0.5) is 0 Å². The van der Waals surface area contributed by atoms with Crippen LogP contribution in [0.3, 0.4) is 0 Å². The number of guanidine groups is 1. The molecule has 0 radical (unpaired) electrons. The van der Waals surface area contributed by atoms with Crippen LogP contribution in [0.5, 0.6) is 5.75 Å². The van der Waals surface area contributed by atoms with Crippen molar-refractivity contribution in [3.8, 4) is 5.75 Å². The van der Waals surface area contributed by atoms with Crippen LogP contribution in [0.1, 0.15) is 37.8 Å². The predicted octanol–water partition coefficient (Wildman–Crippen LogP) is 2.34. The highest BCUT2D eigenvalue weighted by atomic mass is 16.5. The first-order valence-corrected chi connectivity index (χ1v) is 10.1. The van der Waals surface area contributed by atoms with Gasteiger partial charge in [0.25, 0.3) is 0 Å². The van der Waals surface area contributed by atoms with Crippen molar-refractivity contribution < 1.29 is 4.74 Å². The van der Waals surface area contributed by atoms with Crippen molar-refractivity contribution in [2.24, 2.45) is 4.99 Å². The average molecular weight is 376 g/mol. The summed E-state index contributed by atoms with van der Waals surface area (Å²) in [7, 11) is 7.76. The Morgan fingerprint density at radius 3 is 2.44 bits per heavy atom. The van der Waals surface area contributed by atoms with Crippen LogP contribution in [0.15, 0.2) is 29.3 Å². The molecule has 1 aliphatic heterocycles. The summed E-state index contributed by atoms with van der Waals surface area (Å²) in [6.45, 7) is 6.61. The zero-order chi connectivity index (χ0) is 19.6. The molecule has 27 heavy (non-hydrogen) atoms. The van der Waals surface area contributed by atoms with E-state index in [1.54, 1.807) is 7.11 Å². The molecule has 0 spiro atoms. The van der Waals surface area contributed by atoms with E-state index in [-0.39, 0.29) is 6.04 Å². The number of hydrogen-bond donors (Lipinski definition) is 2. The molecule has 1 unspecified atom stereocenters. The lowest BCUT2D eigenvalue weighted by molar-refractivity contribution is 0.206. The molecule has 1 saturated heterocycles. The monoisotopic (exact) mass is 375 g/mol. The van der Waals surface area contributed by atoms with E-state index in [2.05, 4.69) is 58.6 Å². The fourth-order valence-electron chi connectivity index (χ4n) is 3.62. The summed E-state index contributed by atoms with van der Waals surface area (Å²) < 4.78 is 5.27. The van der Waals surface area contributed by atoms with Crippen molar-refractivity contribution in [1.29, 1.82) is 0 Å². The Hall–Kier alpha value is -1.79. The van der Waals surface area contributed by atoms with E-state index in [1.807, 2.05) is 19.2 Å². The van der Waals surface area contributed by atoms with Gasteiger partial charge in [0.15, 0.2) is 5.96 Å². The van der Waals surface area contributed by atoms with Crippen molar-refractivity contribution in [2.45, 2.75) is 38.3 Å². The number of ether oxygens (including phenoxy) is 1. The molecule has 0 amide bonds. The third-order valence-electron chi connectivity index (χ3n) is 5.28. The van der Waals surface area contributed by atoms with Crippen molar-refractivity contribution in [1.82, 2.24) is 20.4 Å². The van der Waals surface area contributed by atoms with Crippen LogP contribution < -0.4 is 15.4 Å². The molecule has 1 aliphatic rings. The van der Waals surface area contributed by atoms with E-state index in [1.165, 1.54) is 44.5 Å². The van der Waals surface area contributed by atoms with E-state index >= 15 is 0 Å². The number of piperidine rings is 1. The Labute approximate surface area is 165 Å². The van der Waals surface area contributed by atoms with E-state index in [4.69, 9.17) is 4.74 Å². The third kappa shape index (κ3) is 6.70. The topological polar surface area (TPSA) is 52.1 Å². The molecule has 1 aromatic carbocycles. The fourth-order valence-corrected chi connectivity index (χ4v) is 3.62. The van der Waals surface area contributed by atoms with Crippen LogP contribution in [0, 0.1) is 0 Å². The summed E-state index contributed by atoms with van der Waals surface area (Å²) in [6, 6.07) is 9.06. The molecule has 1 heterocycles. The predicted molar refractivity (Wildman–Crippen MR) is 114 cm³/mol. The third-order valence-corrected chi connectivity index (χ3v) is 5.28. The van der Waals surface area contributed by atoms with Gasteiger partial charge in [-0.3, -0.25) is 4.99 Å². The number of hydrogen-bond acceptors (Lipinski definition) is 4. The van der Waals surface area contributed by atoms with Crippen molar-refractivity contribution in [3.63, 3.8) is 0 Å². The van der Waals surface area contributed by atoms with E-state index in [0.717, 1.165) is 18.3 Å². The Balaban J connectivity index is 1.87. The van der Waals surface area contributed by atoms with E-state index in [9.17, 15) is 0 Å². The summed E-state index contributed by atoms with van der Waals surface area (Å²) in [5.41, 5.74) is 1.26. The second kappa shape index (κ2) is 11.1. The number of likely N-dealkylation sites (tertiary alicyclic amines) is 1. The number of benzene rings is 1. The lowest BCUT2D eigenvalue weighted by Crippen LogP contribution is -2.49. The molecule has 1 fully saturated rings. The van der Waals surface area contributed by atoms with Gasteiger partial charge in [0.05, 0.1) is 13.2 Å². The second-order valence-corrected chi connectivity index (χ2v) is 7.47. The van der Waals surface area contributed by atoms with Crippen molar-refractivity contribution in [3.05, 3.63) is 29.8 Å². The zero-order valence-electron chi connectivity index (χ0n) is 17.7.